The number of aromatic amines is 1. The molecule has 3 aromatic rings. The third-order valence-corrected chi connectivity index (χ3v) is 6.04. The third-order valence-electron chi connectivity index (χ3n) is 6.04. The summed E-state index contributed by atoms with van der Waals surface area (Å²) in [4.78, 5) is 28.6. The van der Waals surface area contributed by atoms with Crippen LogP contribution in [0.3, 0.4) is 0 Å². The molecule has 0 saturated heterocycles. The van der Waals surface area contributed by atoms with E-state index in [0.717, 1.165) is 48.6 Å². The van der Waals surface area contributed by atoms with Gasteiger partial charge >= 0.3 is 5.63 Å². The van der Waals surface area contributed by atoms with E-state index in [4.69, 9.17) is 4.42 Å². The maximum atomic E-state index is 12.7. The van der Waals surface area contributed by atoms with Crippen molar-refractivity contribution in [3.8, 4) is 0 Å². The van der Waals surface area contributed by atoms with Gasteiger partial charge in [-0.05, 0) is 49.4 Å². The number of carbonyl (C=O) groups excluding carboxylic acids is 1. The van der Waals surface area contributed by atoms with Crippen molar-refractivity contribution in [2.24, 2.45) is 0 Å². The monoisotopic (exact) mass is 408 g/mol. The summed E-state index contributed by atoms with van der Waals surface area (Å²) in [7, 11) is 0. The Labute approximate surface area is 175 Å². The quantitative estimate of drug-likeness (QED) is 0.562. The zero-order valence-electron chi connectivity index (χ0n) is 17.2. The van der Waals surface area contributed by atoms with Crippen LogP contribution in [0.2, 0.25) is 0 Å². The van der Waals surface area contributed by atoms with Gasteiger partial charge in [-0.15, -0.1) is 0 Å². The number of carbonyl (C=O) groups is 1. The van der Waals surface area contributed by atoms with Gasteiger partial charge in [-0.2, -0.15) is 0 Å². The molecule has 0 spiro atoms. The molecule has 6 heteroatoms. The van der Waals surface area contributed by atoms with Gasteiger partial charge in [-0.25, -0.2) is 4.79 Å². The highest BCUT2D eigenvalue weighted by atomic mass is 16.4. The maximum Gasteiger partial charge on any atom is 0.349 e. The summed E-state index contributed by atoms with van der Waals surface area (Å²) >= 11 is 0. The first-order valence-corrected chi connectivity index (χ1v) is 10.7. The molecular formula is C24H28N2O4. The third kappa shape index (κ3) is 4.33. The van der Waals surface area contributed by atoms with Crippen molar-refractivity contribution in [1.82, 2.24) is 10.3 Å². The number of aromatic nitrogens is 1. The van der Waals surface area contributed by atoms with Crippen LogP contribution < -0.4 is 10.9 Å². The normalized spacial score (nSPS) is 19.5. The zero-order valence-corrected chi connectivity index (χ0v) is 17.2. The van der Waals surface area contributed by atoms with Gasteiger partial charge in [0.05, 0.1) is 12.1 Å². The van der Waals surface area contributed by atoms with E-state index in [1.807, 2.05) is 24.4 Å². The lowest BCUT2D eigenvalue weighted by molar-refractivity contribution is 0.0814. The van der Waals surface area contributed by atoms with E-state index in [-0.39, 0.29) is 11.6 Å². The van der Waals surface area contributed by atoms with E-state index >= 15 is 0 Å². The largest absolute Gasteiger partial charge is 0.427 e. The van der Waals surface area contributed by atoms with Crippen LogP contribution in [0, 0.1) is 6.92 Å². The predicted molar refractivity (Wildman–Crippen MR) is 116 cm³/mol. The Bertz CT molecular complexity index is 1100. The Morgan fingerprint density at radius 2 is 2.00 bits per heavy atom. The van der Waals surface area contributed by atoms with Crippen molar-refractivity contribution in [3.63, 3.8) is 0 Å². The number of hydrogen-bond donors (Lipinski definition) is 3. The molecule has 0 unspecified atom stereocenters. The standard InChI is InChI=1S/C24H28N2O4/c1-15-13-17(12-11-16-14-25-19-8-6-5-7-18(16)19)30-24(29)22(15)23(28)26-20-9-3-2-4-10-21(20)27/h5-8,13-14,20-21,25,27H,2-4,9-12H2,1H3,(H,26,28)/t20-,21-/m1/s1. The van der Waals surface area contributed by atoms with Crippen LogP contribution in [-0.4, -0.2) is 28.1 Å². The summed E-state index contributed by atoms with van der Waals surface area (Å²) in [5.74, 6) is 0.101. The number of hydrogen-bond acceptors (Lipinski definition) is 4. The summed E-state index contributed by atoms with van der Waals surface area (Å²) in [6, 6.07) is 9.54. The smallest absolute Gasteiger partial charge is 0.349 e. The van der Waals surface area contributed by atoms with Crippen LogP contribution in [0.5, 0.6) is 0 Å². The molecule has 2 aromatic heterocycles. The van der Waals surface area contributed by atoms with Gasteiger partial charge in [0.25, 0.3) is 5.91 Å². The Balaban J connectivity index is 1.47. The molecule has 0 aliphatic heterocycles. The Morgan fingerprint density at radius 1 is 1.20 bits per heavy atom. The van der Waals surface area contributed by atoms with Crippen molar-refractivity contribution in [2.75, 3.05) is 0 Å². The van der Waals surface area contributed by atoms with Crippen LogP contribution in [0.25, 0.3) is 10.9 Å². The highest BCUT2D eigenvalue weighted by Gasteiger charge is 2.26. The summed E-state index contributed by atoms with van der Waals surface area (Å²) in [6.45, 7) is 1.75. The predicted octanol–water partition coefficient (Wildman–Crippen LogP) is 3.64. The van der Waals surface area contributed by atoms with Gasteiger partial charge in [0.2, 0.25) is 0 Å². The molecule has 4 rings (SSSR count). The average molecular weight is 408 g/mol. The maximum absolute atomic E-state index is 12.7. The molecule has 2 atom stereocenters. The molecule has 0 radical (unpaired) electrons. The van der Waals surface area contributed by atoms with Crippen molar-refractivity contribution in [3.05, 3.63) is 69.4 Å². The van der Waals surface area contributed by atoms with Gasteiger partial charge in [0, 0.05) is 23.5 Å². The SMILES string of the molecule is Cc1cc(CCc2c[nH]c3ccccc23)oc(=O)c1C(=O)N[C@@H]1CCCCC[C@H]1O. The fraction of sp³-hybridized carbons (Fsp3) is 0.417. The molecule has 30 heavy (non-hydrogen) atoms. The second-order valence-corrected chi connectivity index (χ2v) is 8.20. The first-order valence-electron chi connectivity index (χ1n) is 10.7. The van der Waals surface area contributed by atoms with Crippen LogP contribution in [0.4, 0.5) is 0 Å². The Hall–Kier alpha value is -2.86. The average Bonchev–Trinajstić information content (AvgIpc) is 3.03. The summed E-state index contributed by atoms with van der Waals surface area (Å²) in [5.41, 5.74) is 2.25. The molecule has 1 aliphatic rings. The van der Waals surface area contributed by atoms with Gasteiger partial charge in [-0.3, -0.25) is 4.79 Å². The first kappa shape index (κ1) is 20.4. The molecule has 1 aromatic carbocycles. The highest BCUT2D eigenvalue weighted by molar-refractivity contribution is 5.95. The second-order valence-electron chi connectivity index (χ2n) is 8.20. The minimum absolute atomic E-state index is 0.0299. The number of para-hydroxylation sites is 1. The molecule has 2 heterocycles. The zero-order chi connectivity index (χ0) is 21.1. The lowest BCUT2D eigenvalue weighted by Gasteiger charge is -2.21. The van der Waals surface area contributed by atoms with E-state index in [2.05, 4.69) is 16.4 Å². The summed E-state index contributed by atoms with van der Waals surface area (Å²) in [5, 5.41) is 14.3. The fourth-order valence-electron chi connectivity index (χ4n) is 4.36. The molecule has 1 saturated carbocycles. The van der Waals surface area contributed by atoms with Gasteiger partial charge in [0.1, 0.15) is 11.3 Å². The van der Waals surface area contributed by atoms with E-state index in [1.54, 1.807) is 13.0 Å². The number of amides is 1. The van der Waals surface area contributed by atoms with E-state index in [9.17, 15) is 14.7 Å². The molecule has 6 nitrogen and oxygen atoms in total. The molecule has 158 valence electrons. The van der Waals surface area contributed by atoms with Crippen LogP contribution in [0.15, 0.2) is 45.7 Å². The number of aliphatic hydroxyl groups excluding tert-OH is 1. The van der Waals surface area contributed by atoms with Crippen molar-refractivity contribution < 1.29 is 14.3 Å². The van der Waals surface area contributed by atoms with E-state index in [0.29, 0.717) is 24.2 Å². The number of aliphatic hydroxyl groups is 1. The fourth-order valence-corrected chi connectivity index (χ4v) is 4.36. The molecule has 1 aliphatic carbocycles. The van der Waals surface area contributed by atoms with Gasteiger partial charge < -0.3 is 19.8 Å². The lowest BCUT2D eigenvalue weighted by Crippen LogP contribution is -2.44. The van der Waals surface area contributed by atoms with Gasteiger partial charge in [-0.1, -0.05) is 37.5 Å². The van der Waals surface area contributed by atoms with Crippen molar-refractivity contribution in [1.29, 1.82) is 0 Å². The van der Waals surface area contributed by atoms with Crippen LogP contribution in [0.1, 0.15) is 59.3 Å². The summed E-state index contributed by atoms with van der Waals surface area (Å²) < 4.78 is 5.47. The second kappa shape index (κ2) is 8.88. The Kier molecular flexibility index (Phi) is 6.04. The summed E-state index contributed by atoms with van der Waals surface area (Å²) in [6.07, 6.45) is 7.07. The Morgan fingerprint density at radius 3 is 2.83 bits per heavy atom. The van der Waals surface area contributed by atoms with Gasteiger partial charge in [0.15, 0.2) is 0 Å². The van der Waals surface area contributed by atoms with E-state index in [1.165, 1.54) is 0 Å². The van der Waals surface area contributed by atoms with Crippen molar-refractivity contribution in [2.45, 2.75) is 64.0 Å². The molecule has 1 fully saturated rings. The number of H-pyrrole nitrogens is 1. The molecular weight excluding hydrogens is 380 g/mol. The topological polar surface area (TPSA) is 95.3 Å². The molecule has 1 amide bonds. The molecule has 3 N–H and O–H groups in total. The minimum Gasteiger partial charge on any atom is -0.427 e. The molecule has 0 bridgehead atoms. The lowest BCUT2D eigenvalue weighted by atomic mass is 10.0. The van der Waals surface area contributed by atoms with Crippen LogP contribution >= 0.6 is 0 Å². The van der Waals surface area contributed by atoms with Crippen molar-refractivity contribution >= 4 is 16.8 Å². The first-order chi connectivity index (χ1) is 14.5. The number of rotatable bonds is 5. The highest BCUT2D eigenvalue weighted by Crippen LogP contribution is 2.21. The number of aryl methyl sites for hydroxylation is 3. The number of fused-ring (bicyclic) bond motifs is 1. The number of benzene rings is 1. The van der Waals surface area contributed by atoms with Crippen LogP contribution in [-0.2, 0) is 12.8 Å². The van der Waals surface area contributed by atoms with E-state index < -0.39 is 17.6 Å². The number of nitrogens with one attached hydrogen (secondary N) is 2. The minimum atomic E-state index is -0.621.